The van der Waals surface area contributed by atoms with Crippen molar-refractivity contribution < 1.29 is 4.79 Å². The highest BCUT2D eigenvalue weighted by atomic mass is 32.1. The summed E-state index contributed by atoms with van der Waals surface area (Å²) in [5.41, 5.74) is 0. The van der Waals surface area contributed by atoms with Crippen molar-refractivity contribution in [3.63, 3.8) is 0 Å². The smallest absolute Gasteiger partial charge is 0.263 e. The summed E-state index contributed by atoms with van der Waals surface area (Å²) in [5.74, 6) is -0.0367. The first-order valence-electron chi connectivity index (χ1n) is 5.07. The van der Waals surface area contributed by atoms with Gasteiger partial charge in [0.1, 0.15) is 4.88 Å². The van der Waals surface area contributed by atoms with Crippen LogP contribution in [0.5, 0.6) is 0 Å². The minimum Gasteiger partial charge on any atom is -0.350 e. The largest absolute Gasteiger partial charge is 0.350 e. The Morgan fingerprint density at radius 1 is 1.67 bits per heavy atom. The van der Waals surface area contributed by atoms with Gasteiger partial charge in [0.25, 0.3) is 5.91 Å². The summed E-state index contributed by atoms with van der Waals surface area (Å²) in [4.78, 5) is 16.3. The maximum absolute atomic E-state index is 11.6. The Morgan fingerprint density at radius 2 is 2.40 bits per heavy atom. The summed E-state index contributed by atoms with van der Waals surface area (Å²) in [7, 11) is 0. The topological polar surface area (TPSA) is 54.0 Å². The molecule has 1 atom stereocenters. The minimum absolute atomic E-state index is 0.0367. The third-order valence-electron chi connectivity index (χ3n) is 1.97. The average Bonchev–Trinajstić information content (AvgIpc) is 2.62. The van der Waals surface area contributed by atoms with Crippen LogP contribution in [0.4, 0.5) is 0 Å². The van der Waals surface area contributed by atoms with Crippen molar-refractivity contribution in [1.82, 2.24) is 15.6 Å². The number of aryl methyl sites for hydroxylation is 1. The van der Waals surface area contributed by atoms with Crippen molar-refractivity contribution in [2.75, 3.05) is 13.1 Å². The maximum Gasteiger partial charge on any atom is 0.263 e. The second kappa shape index (κ2) is 5.82. The van der Waals surface area contributed by atoms with Crippen LogP contribution in [0.15, 0.2) is 6.20 Å². The van der Waals surface area contributed by atoms with Gasteiger partial charge in [-0.1, -0.05) is 6.92 Å². The maximum atomic E-state index is 11.6. The second-order valence-electron chi connectivity index (χ2n) is 3.41. The van der Waals surface area contributed by atoms with Crippen molar-refractivity contribution in [2.45, 2.75) is 26.8 Å². The van der Waals surface area contributed by atoms with Gasteiger partial charge in [-0.05, 0) is 20.4 Å². The van der Waals surface area contributed by atoms with E-state index in [-0.39, 0.29) is 5.91 Å². The number of carbonyl (C=O) groups excluding carboxylic acids is 1. The molecule has 1 amide bonds. The van der Waals surface area contributed by atoms with Gasteiger partial charge in [0.05, 0.1) is 11.2 Å². The lowest BCUT2D eigenvalue weighted by Gasteiger charge is -2.12. The predicted octanol–water partition coefficient (Wildman–Crippen LogP) is 1.18. The van der Waals surface area contributed by atoms with Crippen LogP contribution in [0.2, 0.25) is 0 Å². The number of thiazole rings is 1. The van der Waals surface area contributed by atoms with E-state index < -0.39 is 0 Å². The monoisotopic (exact) mass is 227 g/mol. The zero-order chi connectivity index (χ0) is 11.3. The van der Waals surface area contributed by atoms with Crippen LogP contribution >= 0.6 is 11.3 Å². The van der Waals surface area contributed by atoms with Gasteiger partial charge in [-0.25, -0.2) is 4.98 Å². The van der Waals surface area contributed by atoms with E-state index in [1.165, 1.54) is 11.3 Å². The zero-order valence-corrected chi connectivity index (χ0v) is 10.1. The molecule has 1 heterocycles. The Balaban J connectivity index is 2.36. The van der Waals surface area contributed by atoms with Crippen molar-refractivity contribution in [3.05, 3.63) is 16.1 Å². The van der Waals surface area contributed by atoms with E-state index >= 15 is 0 Å². The van der Waals surface area contributed by atoms with Crippen molar-refractivity contribution in [1.29, 1.82) is 0 Å². The molecule has 1 aromatic heterocycles. The SMILES string of the molecule is CCN[C@H](C)CNC(=O)c1cnc(C)s1. The highest BCUT2D eigenvalue weighted by molar-refractivity contribution is 7.13. The summed E-state index contributed by atoms with van der Waals surface area (Å²) in [6.07, 6.45) is 1.62. The lowest BCUT2D eigenvalue weighted by Crippen LogP contribution is -2.38. The third kappa shape index (κ3) is 3.97. The molecular weight excluding hydrogens is 210 g/mol. The molecule has 0 fully saturated rings. The standard InChI is InChI=1S/C10H17N3OS/c1-4-11-7(2)5-13-10(14)9-6-12-8(3)15-9/h6-7,11H,4-5H2,1-3H3,(H,13,14)/t7-/m1/s1. The van der Waals surface area contributed by atoms with Crippen LogP contribution < -0.4 is 10.6 Å². The molecule has 1 rings (SSSR count). The molecule has 0 saturated heterocycles. The molecule has 0 unspecified atom stereocenters. The molecule has 2 N–H and O–H groups in total. The number of rotatable bonds is 5. The second-order valence-corrected chi connectivity index (χ2v) is 4.65. The van der Waals surface area contributed by atoms with Gasteiger partial charge < -0.3 is 10.6 Å². The predicted molar refractivity (Wildman–Crippen MR) is 62.3 cm³/mol. The number of hydrogen-bond acceptors (Lipinski definition) is 4. The molecule has 0 radical (unpaired) electrons. The van der Waals surface area contributed by atoms with Gasteiger partial charge in [-0.15, -0.1) is 11.3 Å². The number of nitrogens with zero attached hydrogens (tertiary/aromatic N) is 1. The van der Waals surface area contributed by atoms with E-state index in [1.54, 1.807) is 6.20 Å². The van der Waals surface area contributed by atoms with Crippen molar-refractivity contribution in [2.24, 2.45) is 0 Å². The Hall–Kier alpha value is -0.940. The molecule has 0 spiro atoms. The number of likely N-dealkylation sites (N-methyl/N-ethyl adjacent to an activating group) is 1. The Kier molecular flexibility index (Phi) is 4.71. The summed E-state index contributed by atoms with van der Waals surface area (Å²) in [6.45, 7) is 7.54. The molecule has 84 valence electrons. The van der Waals surface area contributed by atoms with Gasteiger partial charge in [-0.2, -0.15) is 0 Å². The van der Waals surface area contributed by atoms with E-state index in [1.807, 2.05) is 20.8 Å². The molecule has 0 saturated carbocycles. The lowest BCUT2D eigenvalue weighted by atomic mass is 10.3. The molecule has 4 nitrogen and oxygen atoms in total. The number of aromatic nitrogens is 1. The summed E-state index contributed by atoms with van der Waals surface area (Å²) >= 11 is 1.42. The van der Waals surface area contributed by atoms with Crippen LogP contribution in [-0.4, -0.2) is 30.0 Å². The van der Waals surface area contributed by atoms with Gasteiger partial charge >= 0.3 is 0 Å². The van der Waals surface area contributed by atoms with Crippen LogP contribution in [0.1, 0.15) is 28.5 Å². The molecule has 0 bridgehead atoms. The Morgan fingerprint density at radius 3 is 2.93 bits per heavy atom. The Bertz CT molecular complexity index is 324. The van der Waals surface area contributed by atoms with E-state index in [4.69, 9.17) is 0 Å². The van der Waals surface area contributed by atoms with Crippen LogP contribution in [-0.2, 0) is 0 Å². The highest BCUT2D eigenvalue weighted by Crippen LogP contribution is 2.10. The van der Waals surface area contributed by atoms with Crippen LogP contribution in [0.3, 0.4) is 0 Å². The van der Waals surface area contributed by atoms with Gasteiger partial charge in [0.15, 0.2) is 0 Å². The molecule has 0 aliphatic carbocycles. The first kappa shape index (κ1) is 12.1. The van der Waals surface area contributed by atoms with Crippen molar-refractivity contribution in [3.8, 4) is 0 Å². The number of amides is 1. The normalized spacial score (nSPS) is 12.5. The lowest BCUT2D eigenvalue weighted by molar-refractivity contribution is 0.0954. The fourth-order valence-corrected chi connectivity index (χ4v) is 1.91. The number of hydrogen-bond donors (Lipinski definition) is 2. The number of nitrogens with one attached hydrogen (secondary N) is 2. The van der Waals surface area contributed by atoms with Crippen LogP contribution in [0.25, 0.3) is 0 Å². The fraction of sp³-hybridized carbons (Fsp3) is 0.600. The quantitative estimate of drug-likeness (QED) is 0.794. The van der Waals surface area contributed by atoms with E-state index in [0.717, 1.165) is 11.6 Å². The molecule has 15 heavy (non-hydrogen) atoms. The molecule has 0 aliphatic heterocycles. The summed E-state index contributed by atoms with van der Waals surface area (Å²) in [5, 5.41) is 7.01. The minimum atomic E-state index is -0.0367. The summed E-state index contributed by atoms with van der Waals surface area (Å²) < 4.78 is 0. The van der Waals surface area contributed by atoms with E-state index in [0.29, 0.717) is 17.5 Å². The molecular formula is C10H17N3OS. The van der Waals surface area contributed by atoms with E-state index in [9.17, 15) is 4.79 Å². The van der Waals surface area contributed by atoms with Gasteiger partial charge in [0.2, 0.25) is 0 Å². The number of carbonyl (C=O) groups is 1. The van der Waals surface area contributed by atoms with Gasteiger partial charge in [-0.3, -0.25) is 4.79 Å². The van der Waals surface area contributed by atoms with Crippen molar-refractivity contribution >= 4 is 17.2 Å². The van der Waals surface area contributed by atoms with E-state index in [2.05, 4.69) is 15.6 Å². The molecule has 0 aliphatic rings. The average molecular weight is 227 g/mol. The fourth-order valence-electron chi connectivity index (χ4n) is 1.22. The zero-order valence-electron chi connectivity index (χ0n) is 9.33. The van der Waals surface area contributed by atoms with Crippen LogP contribution in [0, 0.1) is 6.92 Å². The first-order valence-corrected chi connectivity index (χ1v) is 5.89. The first-order chi connectivity index (χ1) is 7.13. The molecule has 0 aromatic carbocycles. The van der Waals surface area contributed by atoms with Gasteiger partial charge in [0, 0.05) is 12.6 Å². The highest BCUT2D eigenvalue weighted by Gasteiger charge is 2.09. The summed E-state index contributed by atoms with van der Waals surface area (Å²) in [6, 6.07) is 0.299. The molecule has 5 heteroatoms. The molecule has 1 aromatic rings. The third-order valence-corrected chi connectivity index (χ3v) is 2.88. The Labute approximate surface area is 94.1 Å².